The molecule has 2 aromatic carbocycles. The van der Waals surface area contributed by atoms with Gasteiger partial charge in [0.1, 0.15) is 6.54 Å². The van der Waals surface area contributed by atoms with E-state index in [1.807, 2.05) is 13.0 Å². The Balaban J connectivity index is 1.83. The van der Waals surface area contributed by atoms with Gasteiger partial charge in [-0.15, -0.1) is 0 Å². The average Bonchev–Trinajstić information content (AvgIpc) is 2.58. The van der Waals surface area contributed by atoms with Crippen molar-refractivity contribution in [2.24, 2.45) is 0 Å². The van der Waals surface area contributed by atoms with Crippen LogP contribution in [-0.4, -0.2) is 20.4 Å². The molecule has 0 aliphatic carbocycles. The van der Waals surface area contributed by atoms with E-state index in [1.54, 1.807) is 12.1 Å². The number of carbonyl (C=O) groups excluding carboxylic acids is 1. The van der Waals surface area contributed by atoms with Gasteiger partial charge in [-0.05, 0) is 24.6 Å². The maximum absolute atomic E-state index is 12.5. The Morgan fingerprint density at radius 3 is 2.80 bits per heavy atom. The van der Waals surface area contributed by atoms with Crippen molar-refractivity contribution in [3.63, 3.8) is 0 Å². The van der Waals surface area contributed by atoms with Crippen LogP contribution < -0.4 is 10.9 Å². The number of carbonyl (C=O) groups is 1. The lowest BCUT2D eigenvalue weighted by atomic mass is 10.1. The van der Waals surface area contributed by atoms with Gasteiger partial charge in [-0.1, -0.05) is 18.2 Å². The molecule has 8 nitrogen and oxygen atoms in total. The molecule has 0 unspecified atom stereocenters. The number of hydrogen-bond acceptors (Lipinski definition) is 5. The van der Waals surface area contributed by atoms with Gasteiger partial charge in [0, 0.05) is 17.8 Å². The molecule has 1 aromatic heterocycles. The Morgan fingerprint density at radius 1 is 1.28 bits per heavy atom. The molecule has 0 aliphatic heterocycles. The third-order valence-corrected chi connectivity index (χ3v) is 3.71. The fourth-order valence-corrected chi connectivity index (χ4v) is 2.50. The number of aryl methyl sites for hydroxylation is 1. The predicted octanol–water partition coefficient (Wildman–Crippen LogP) is 2.25. The highest BCUT2D eigenvalue weighted by Crippen LogP contribution is 2.17. The standard InChI is InChI=1S/C17H14N4O4/c1-11-4-2-7-14-16(11)18-10-20(17(14)23)9-15(22)19-12-5-3-6-13(8-12)21(24)25/h2-8,10H,9H2,1H3,(H,19,22). The van der Waals surface area contributed by atoms with Gasteiger partial charge in [-0.2, -0.15) is 0 Å². The van der Waals surface area contributed by atoms with Gasteiger partial charge in [-0.25, -0.2) is 4.98 Å². The van der Waals surface area contributed by atoms with Crippen LogP contribution >= 0.6 is 0 Å². The number of non-ortho nitro benzene ring substituents is 1. The minimum absolute atomic E-state index is 0.127. The molecule has 3 aromatic rings. The first-order chi connectivity index (χ1) is 12.0. The Morgan fingerprint density at radius 2 is 2.04 bits per heavy atom. The number of nitrogens with zero attached hydrogens (tertiary/aromatic N) is 3. The van der Waals surface area contributed by atoms with Crippen molar-refractivity contribution in [1.82, 2.24) is 9.55 Å². The Bertz CT molecular complexity index is 1040. The topological polar surface area (TPSA) is 107 Å². The van der Waals surface area contributed by atoms with Crippen LogP contribution in [0.2, 0.25) is 0 Å². The minimum atomic E-state index is -0.546. The number of hydrogen-bond donors (Lipinski definition) is 1. The highest BCUT2D eigenvalue weighted by Gasteiger charge is 2.11. The van der Waals surface area contributed by atoms with Crippen molar-refractivity contribution in [2.45, 2.75) is 13.5 Å². The first kappa shape index (κ1) is 16.3. The molecule has 0 aliphatic rings. The molecule has 0 radical (unpaired) electrons. The van der Waals surface area contributed by atoms with Gasteiger partial charge in [0.2, 0.25) is 5.91 Å². The molecule has 0 saturated carbocycles. The number of nitro benzene ring substituents is 1. The molecule has 126 valence electrons. The third kappa shape index (κ3) is 3.37. The molecular weight excluding hydrogens is 324 g/mol. The van der Waals surface area contributed by atoms with Crippen LogP contribution in [-0.2, 0) is 11.3 Å². The lowest BCUT2D eigenvalue weighted by molar-refractivity contribution is -0.384. The first-order valence-electron chi connectivity index (χ1n) is 7.45. The van der Waals surface area contributed by atoms with Gasteiger partial charge >= 0.3 is 0 Å². The maximum Gasteiger partial charge on any atom is 0.271 e. The van der Waals surface area contributed by atoms with Crippen molar-refractivity contribution in [1.29, 1.82) is 0 Å². The molecule has 1 N–H and O–H groups in total. The highest BCUT2D eigenvalue weighted by atomic mass is 16.6. The molecular formula is C17H14N4O4. The minimum Gasteiger partial charge on any atom is -0.324 e. The van der Waals surface area contributed by atoms with Crippen LogP contribution in [0.3, 0.4) is 0 Å². The van der Waals surface area contributed by atoms with E-state index in [4.69, 9.17) is 0 Å². The lowest BCUT2D eigenvalue weighted by Gasteiger charge is -2.08. The Labute approximate surface area is 141 Å². The molecule has 0 fully saturated rings. The van der Waals surface area contributed by atoms with Crippen molar-refractivity contribution in [2.75, 3.05) is 5.32 Å². The average molecular weight is 338 g/mol. The number of para-hydroxylation sites is 1. The Hall–Kier alpha value is -3.55. The summed E-state index contributed by atoms with van der Waals surface area (Å²) >= 11 is 0. The van der Waals surface area contributed by atoms with Crippen LogP contribution in [0.15, 0.2) is 53.6 Å². The van der Waals surface area contributed by atoms with Crippen molar-refractivity contribution >= 4 is 28.2 Å². The molecule has 0 atom stereocenters. The van der Waals surface area contributed by atoms with E-state index in [0.717, 1.165) is 5.56 Å². The fourth-order valence-electron chi connectivity index (χ4n) is 2.50. The molecule has 0 bridgehead atoms. The zero-order valence-electron chi connectivity index (χ0n) is 13.3. The molecule has 25 heavy (non-hydrogen) atoms. The smallest absolute Gasteiger partial charge is 0.271 e. The second-order valence-electron chi connectivity index (χ2n) is 5.50. The summed E-state index contributed by atoms with van der Waals surface area (Å²) in [4.78, 5) is 39.1. The maximum atomic E-state index is 12.5. The molecule has 0 saturated heterocycles. The number of anilines is 1. The summed E-state index contributed by atoms with van der Waals surface area (Å²) in [6, 6.07) is 10.9. The number of benzene rings is 2. The van der Waals surface area contributed by atoms with Crippen molar-refractivity contribution in [3.05, 3.63) is 74.8 Å². The van der Waals surface area contributed by atoms with E-state index in [0.29, 0.717) is 10.9 Å². The molecule has 1 heterocycles. The zero-order chi connectivity index (χ0) is 18.0. The zero-order valence-corrected chi connectivity index (χ0v) is 13.3. The highest BCUT2D eigenvalue weighted by molar-refractivity contribution is 5.91. The van der Waals surface area contributed by atoms with E-state index < -0.39 is 10.8 Å². The van der Waals surface area contributed by atoms with Gasteiger partial charge in [0.25, 0.3) is 11.2 Å². The summed E-state index contributed by atoms with van der Waals surface area (Å²) in [5.74, 6) is -0.476. The van der Waals surface area contributed by atoms with Crippen molar-refractivity contribution < 1.29 is 9.72 Å². The number of fused-ring (bicyclic) bond motifs is 1. The van der Waals surface area contributed by atoms with Crippen LogP contribution in [0, 0.1) is 17.0 Å². The quantitative estimate of drug-likeness (QED) is 0.580. The van der Waals surface area contributed by atoms with Gasteiger partial charge in [0.05, 0.1) is 22.2 Å². The van der Waals surface area contributed by atoms with E-state index in [-0.39, 0.29) is 23.5 Å². The van der Waals surface area contributed by atoms with Crippen LogP contribution in [0.1, 0.15) is 5.56 Å². The largest absolute Gasteiger partial charge is 0.324 e. The second kappa shape index (κ2) is 6.52. The van der Waals surface area contributed by atoms with E-state index >= 15 is 0 Å². The third-order valence-electron chi connectivity index (χ3n) is 3.71. The monoisotopic (exact) mass is 338 g/mol. The van der Waals surface area contributed by atoms with Crippen LogP contribution in [0.4, 0.5) is 11.4 Å². The number of rotatable bonds is 4. The number of nitro groups is 1. The van der Waals surface area contributed by atoms with Gasteiger partial charge in [-0.3, -0.25) is 24.3 Å². The normalized spacial score (nSPS) is 10.6. The van der Waals surface area contributed by atoms with Crippen LogP contribution in [0.25, 0.3) is 10.9 Å². The first-order valence-corrected chi connectivity index (χ1v) is 7.45. The van der Waals surface area contributed by atoms with Crippen LogP contribution in [0.5, 0.6) is 0 Å². The summed E-state index contributed by atoms with van der Waals surface area (Å²) in [7, 11) is 0. The summed E-state index contributed by atoms with van der Waals surface area (Å²) in [6.45, 7) is 1.62. The van der Waals surface area contributed by atoms with E-state index in [9.17, 15) is 19.7 Å². The number of amides is 1. The summed E-state index contributed by atoms with van der Waals surface area (Å²) in [5, 5.41) is 13.7. The molecule has 3 rings (SSSR count). The number of nitrogens with one attached hydrogen (secondary N) is 1. The van der Waals surface area contributed by atoms with E-state index in [2.05, 4.69) is 10.3 Å². The number of aromatic nitrogens is 2. The summed E-state index contributed by atoms with van der Waals surface area (Å²) < 4.78 is 1.20. The van der Waals surface area contributed by atoms with Gasteiger partial charge in [0.15, 0.2) is 0 Å². The fraction of sp³-hybridized carbons (Fsp3) is 0.118. The van der Waals surface area contributed by atoms with Gasteiger partial charge < -0.3 is 5.32 Å². The molecule has 8 heteroatoms. The van der Waals surface area contributed by atoms with E-state index in [1.165, 1.54) is 35.2 Å². The Kier molecular flexibility index (Phi) is 4.25. The molecule has 1 amide bonds. The lowest BCUT2D eigenvalue weighted by Crippen LogP contribution is -2.28. The predicted molar refractivity (Wildman–Crippen MR) is 92.5 cm³/mol. The van der Waals surface area contributed by atoms with Crippen molar-refractivity contribution in [3.8, 4) is 0 Å². The SMILES string of the molecule is Cc1cccc2c(=O)n(CC(=O)Nc3cccc([N+](=O)[O-])c3)cnc12. The summed E-state index contributed by atoms with van der Waals surface area (Å²) in [5.41, 5.74) is 1.32. The second-order valence-corrected chi connectivity index (χ2v) is 5.50. The summed E-state index contributed by atoms with van der Waals surface area (Å²) in [6.07, 6.45) is 1.32. The molecule has 0 spiro atoms.